The molecule has 6 heteroatoms. The van der Waals surface area contributed by atoms with E-state index >= 15 is 0 Å². The standard InChI is InChI=1S/C12H19N5O/c1-2-13-10-11(18)16-6-8-17(9-7-16)12-14-4-3-5-15-12/h3-5,13H,2,6-10H2,1H3. The summed E-state index contributed by atoms with van der Waals surface area (Å²) in [5.74, 6) is 0.918. The predicted octanol–water partition coefficient (Wildman–Crippen LogP) is -0.265. The Morgan fingerprint density at radius 3 is 2.56 bits per heavy atom. The number of rotatable bonds is 4. The SMILES string of the molecule is CCNCC(=O)N1CCN(c2ncccn2)CC1. The highest BCUT2D eigenvalue weighted by Gasteiger charge is 2.21. The summed E-state index contributed by atoms with van der Waals surface area (Å²) >= 11 is 0. The molecule has 0 aromatic carbocycles. The van der Waals surface area contributed by atoms with Crippen molar-refractivity contribution in [1.29, 1.82) is 0 Å². The molecule has 1 fully saturated rings. The van der Waals surface area contributed by atoms with Gasteiger partial charge in [0, 0.05) is 38.6 Å². The Morgan fingerprint density at radius 2 is 1.94 bits per heavy atom. The smallest absolute Gasteiger partial charge is 0.236 e. The molecule has 2 heterocycles. The van der Waals surface area contributed by atoms with Gasteiger partial charge in [0.2, 0.25) is 11.9 Å². The van der Waals surface area contributed by atoms with Crippen LogP contribution in [0.15, 0.2) is 18.5 Å². The van der Waals surface area contributed by atoms with Gasteiger partial charge in [0.1, 0.15) is 0 Å². The van der Waals surface area contributed by atoms with Crippen LogP contribution in [0, 0.1) is 0 Å². The van der Waals surface area contributed by atoms with E-state index in [1.807, 2.05) is 11.8 Å². The summed E-state index contributed by atoms with van der Waals surface area (Å²) in [6.45, 7) is 6.31. The number of aromatic nitrogens is 2. The van der Waals surface area contributed by atoms with Gasteiger partial charge in [-0.15, -0.1) is 0 Å². The fraction of sp³-hybridized carbons (Fsp3) is 0.583. The number of nitrogens with one attached hydrogen (secondary N) is 1. The highest BCUT2D eigenvalue weighted by Crippen LogP contribution is 2.09. The van der Waals surface area contributed by atoms with Gasteiger partial charge in [0.05, 0.1) is 6.54 Å². The number of anilines is 1. The molecule has 0 bridgehead atoms. The van der Waals surface area contributed by atoms with E-state index < -0.39 is 0 Å². The molecule has 1 aromatic rings. The van der Waals surface area contributed by atoms with E-state index in [2.05, 4.69) is 20.2 Å². The molecule has 0 saturated carbocycles. The van der Waals surface area contributed by atoms with Gasteiger partial charge in [-0.1, -0.05) is 6.92 Å². The quantitative estimate of drug-likeness (QED) is 0.796. The lowest BCUT2D eigenvalue weighted by Gasteiger charge is -2.34. The average molecular weight is 249 g/mol. The van der Waals surface area contributed by atoms with Crippen molar-refractivity contribution < 1.29 is 4.79 Å². The van der Waals surface area contributed by atoms with Crippen LogP contribution in [0.5, 0.6) is 0 Å². The molecule has 98 valence electrons. The van der Waals surface area contributed by atoms with E-state index in [0.29, 0.717) is 6.54 Å². The fourth-order valence-corrected chi connectivity index (χ4v) is 1.95. The van der Waals surface area contributed by atoms with Crippen LogP contribution in [0.2, 0.25) is 0 Å². The first-order valence-electron chi connectivity index (χ1n) is 6.31. The molecule has 0 spiro atoms. The molecule has 1 amide bonds. The summed E-state index contributed by atoms with van der Waals surface area (Å²) in [6, 6.07) is 1.81. The minimum atomic E-state index is 0.172. The van der Waals surface area contributed by atoms with Crippen molar-refractivity contribution in [2.45, 2.75) is 6.92 Å². The van der Waals surface area contributed by atoms with Gasteiger partial charge in [-0.05, 0) is 12.6 Å². The number of nitrogens with zero attached hydrogens (tertiary/aromatic N) is 4. The molecule has 1 aromatic heterocycles. The van der Waals surface area contributed by atoms with Crippen LogP contribution in [-0.4, -0.2) is 60.0 Å². The molecule has 1 aliphatic rings. The second-order valence-corrected chi connectivity index (χ2v) is 4.20. The summed E-state index contributed by atoms with van der Waals surface area (Å²) in [4.78, 5) is 24.3. The molecular formula is C12H19N5O. The number of hydrogen-bond donors (Lipinski definition) is 1. The largest absolute Gasteiger partial charge is 0.338 e. The molecule has 0 atom stereocenters. The van der Waals surface area contributed by atoms with E-state index in [1.165, 1.54) is 0 Å². The number of piperazine rings is 1. The second-order valence-electron chi connectivity index (χ2n) is 4.20. The van der Waals surface area contributed by atoms with Gasteiger partial charge in [-0.2, -0.15) is 0 Å². The number of amides is 1. The highest BCUT2D eigenvalue weighted by molar-refractivity contribution is 5.78. The number of carbonyl (C=O) groups excluding carboxylic acids is 1. The first kappa shape index (κ1) is 12.8. The maximum atomic E-state index is 11.8. The zero-order valence-corrected chi connectivity index (χ0v) is 10.7. The summed E-state index contributed by atoms with van der Waals surface area (Å²) < 4.78 is 0. The lowest BCUT2D eigenvalue weighted by Crippen LogP contribution is -2.51. The molecule has 1 aliphatic heterocycles. The number of likely N-dealkylation sites (N-methyl/N-ethyl adjacent to an activating group) is 1. The van der Waals surface area contributed by atoms with E-state index in [0.717, 1.165) is 38.7 Å². The van der Waals surface area contributed by atoms with Crippen molar-refractivity contribution >= 4 is 11.9 Å². The highest BCUT2D eigenvalue weighted by atomic mass is 16.2. The second kappa shape index (κ2) is 6.30. The molecule has 1 N–H and O–H groups in total. The van der Waals surface area contributed by atoms with Crippen LogP contribution < -0.4 is 10.2 Å². The van der Waals surface area contributed by atoms with E-state index in [9.17, 15) is 4.79 Å². The summed E-state index contributed by atoms with van der Waals surface area (Å²) in [6.07, 6.45) is 3.48. The summed E-state index contributed by atoms with van der Waals surface area (Å²) in [5, 5.41) is 3.06. The van der Waals surface area contributed by atoms with Crippen molar-refractivity contribution in [3.63, 3.8) is 0 Å². The van der Waals surface area contributed by atoms with Crippen molar-refractivity contribution in [3.8, 4) is 0 Å². The Morgan fingerprint density at radius 1 is 1.28 bits per heavy atom. The van der Waals surface area contributed by atoms with Crippen LogP contribution in [0.4, 0.5) is 5.95 Å². The van der Waals surface area contributed by atoms with Crippen molar-refractivity contribution in [2.75, 3.05) is 44.2 Å². The first-order chi connectivity index (χ1) is 8.81. The molecule has 2 rings (SSSR count). The molecule has 0 unspecified atom stereocenters. The minimum absolute atomic E-state index is 0.172. The fourth-order valence-electron chi connectivity index (χ4n) is 1.95. The minimum Gasteiger partial charge on any atom is -0.338 e. The van der Waals surface area contributed by atoms with Crippen LogP contribution in [0.1, 0.15) is 6.92 Å². The van der Waals surface area contributed by atoms with Gasteiger partial charge >= 0.3 is 0 Å². The normalized spacial score (nSPS) is 15.8. The maximum absolute atomic E-state index is 11.8. The Kier molecular flexibility index (Phi) is 4.46. The molecule has 6 nitrogen and oxygen atoms in total. The van der Waals surface area contributed by atoms with E-state index in [4.69, 9.17) is 0 Å². The topological polar surface area (TPSA) is 61.4 Å². The van der Waals surface area contributed by atoms with Crippen molar-refractivity contribution in [3.05, 3.63) is 18.5 Å². The van der Waals surface area contributed by atoms with E-state index in [1.54, 1.807) is 18.5 Å². The van der Waals surface area contributed by atoms with Crippen molar-refractivity contribution in [2.24, 2.45) is 0 Å². The predicted molar refractivity (Wildman–Crippen MR) is 69.4 cm³/mol. The average Bonchev–Trinajstić information content (AvgIpc) is 2.46. The van der Waals surface area contributed by atoms with Gasteiger partial charge in [-0.3, -0.25) is 4.79 Å². The maximum Gasteiger partial charge on any atom is 0.236 e. The summed E-state index contributed by atoms with van der Waals surface area (Å²) in [5.41, 5.74) is 0. The van der Waals surface area contributed by atoms with Crippen molar-refractivity contribution in [1.82, 2.24) is 20.2 Å². The number of hydrogen-bond acceptors (Lipinski definition) is 5. The monoisotopic (exact) mass is 249 g/mol. The van der Waals surface area contributed by atoms with Gasteiger partial charge in [-0.25, -0.2) is 9.97 Å². The van der Waals surface area contributed by atoms with E-state index in [-0.39, 0.29) is 5.91 Å². The summed E-state index contributed by atoms with van der Waals surface area (Å²) in [7, 11) is 0. The Labute approximate surface area is 107 Å². The Bertz CT molecular complexity index is 375. The van der Waals surface area contributed by atoms with Gasteiger partial charge < -0.3 is 15.1 Å². The van der Waals surface area contributed by atoms with Gasteiger partial charge in [0.15, 0.2) is 0 Å². The number of carbonyl (C=O) groups is 1. The van der Waals surface area contributed by atoms with Crippen LogP contribution in [-0.2, 0) is 4.79 Å². The van der Waals surface area contributed by atoms with Crippen LogP contribution >= 0.6 is 0 Å². The third-order valence-corrected chi connectivity index (χ3v) is 2.99. The first-order valence-corrected chi connectivity index (χ1v) is 6.31. The van der Waals surface area contributed by atoms with Gasteiger partial charge in [0.25, 0.3) is 0 Å². The van der Waals surface area contributed by atoms with Crippen LogP contribution in [0.3, 0.4) is 0 Å². The Hall–Kier alpha value is -1.69. The third-order valence-electron chi connectivity index (χ3n) is 2.99. The lowest BCUT2D eigenvalue weighted by atomic mass is 10.3. The zero-order chi connectivity index (χ0) is 12.8. The third kappa shape index (κ3) is 3.16. The molecular weight excluding hydrogens is 230 g/mol. The Balaban J connectivity index is 1.83. The van der Waals surface area contributed by atoms with Crippen LogP contribution in [0.25, 0.3) is 0 Å². The lowest BCUT2D eigenvalue weighted by molar-refractivity contribution is -0.130. The molecule has 0 radical (unpaired) electrons. The molecule has 1 saturated heterocycles. The molecule has 0 aliphatic carbocycles. The zero-order valence-electron chi connectivity index (χ0n) is 10.7. The molecule has 18 heavy (non-hydrogen) atoms.